The summed E-state index contributed by atoms with van der Waals surface area (Å²) in [6.07, 6.45) is 13.6. The summed E-state index contributed by atoms with van der Waals surface area (Å²) in [5.74, 6) is 0. The van der Waals surface area contributed by atoms with E-state index in [1.165, 1.54) is 69.3 Å². The Kier molecular flexibility index (Phi) is 6.99. The van der Waals surface area contributed by atoms with E-state index in [2.05, 4.69) is 11.9 Å². The van der Waals surface area contributed by atoms with Gasteiger partial charge in [0.05, 0.1) is 4.99 Å². The van der Waals surface area contributed by atoms with Gasteiger partial charge in [-0.2, -0.15) is 0 Å². The van der Waals surface area contributed by atoms with Crippen LogP contribution in [0.4, 0.5) is 0 Å². The molecular formula is C13H25NS. The molecule has 1 rings (SSSR count). The van der Waals surface area contributed by atoms with Gasteiger partial charge < -0.3 is 4.90 Å². The first-order valence-corrected chi connectivity index (χ1v) is 6.95. The molecule has 1 saturated heterocycles. The second-order valence-electron chi connectivity index (χ2n) is 4.75. The Morgan fingerprint density at radius 3 is 1.87 bits per heavy atom. The fourth-order valence-electron chi connectivity index (χ4n) is 2.18. The highest BCUT2D eigenvalue weighted by Crippen LogP contribution is 2.13. The molecule has 1 fully saturated rings. The Balaban J connectivity index is 2.27. The van der Waals surface area contributed by atoms with Gasteiger partial charge in [0.15, 0.2) is 0 Å². The number of hydrogen-bond acceptors (Lipinski definition) is 1. The predicted molar refractivity (Wildman–Crippen MR) is 71.4 cm³/mol. The number of hydrogen-bond donors (Lipinski definition) is 0. The lowest BCUT2D eigenvalue weighted by atomic mass is 10.1. The van der Waals surface area contributed by atoms with Crippen LogP contribution in [0.5, 0.6) is 0 Å². The molecule has 88 valence electrons. The third-order valence-corrected chi connectivity index (χ3v) is 3.83. The third kappa shape index (κ3) is 6.14. The molecule has 0 aromatic carbocycles. The quantitative estimate of drug-likeness (QED) is 0.572. The topological polar surface area (TPSA) is 3.24 Å². The normalized spacial score (nSPS) is 22.7. The van der Waals surface area contributed by atoms with Gasteiger partial charge in [0, 0.05) is 13.6 Å². The maximum Gasteiger partial charge on any atom is 0.0776 e. The maximum absolute atomic E-state index is 5.42. The molecule has 0 spiro atoms. The summed E-state index contributed by atoms with van der Waals surface area (Å²) < 4.78 is 0. The first-order chi connectivity index (χ1) is 7.30. The second-order valence-corrected chi connectivity index (χ2v) is 5.22. The fraction of sp³-hybridized carbons (Fsp3) is 0.923. The summed E-state index contributed by atoms with van der Waals surface area (Å²) in [5.41, 5.74) is 0. The van der Waals surface area contributed by atoms with Crippen molar-refractivity contribution in [2.24, 2.45) is 0 Å². The zero-order valence-corrected chi connectivity index (χ0v) is 11.0. The van der Waals surface area contributed by atoms with Gasteiger partial charge in [-0.15, -0.1) is 0 Å². The number of thiocarbonyl (C=S) groups is 1. The Labute approximate surface area is 100 Å². The summed E-state index contributed by atoms with van der Waals surface area (Å²) >= 11 is 5.42. The van der Waals surface area contributed by atoms with Gasteiger partial charge in [0.1, 0.15) is 0 Å². The van der Waals surface area contributed by atoms with E-state index < -0.39 is 0 Å². The van der Waals surface area contributed by atoms with E-state index in [4.69, 9.17) is 12.2 Å². The van der Waals surface area contributed by atoms with Crippen molar-refractivity contribution < 1.29 is 0 Å². The lowest BCUT2D eigenvalue weighted by molar-refractivity contribution is 0.466. The molecule has 0 radical (unpaired) electrons. The van der Waals surface area contributed by atoms with Crippen molar-refractivity contribution in [3.05, 3.63) is 0 Å². The summed E-state index contributed by atoms with van der Waals surface area (Å²) in [5, 5.41) is 0. The summed E-state index contributed by atoms with van der Waals surface area (Å²) in [7, 11) is 2.15. The molecule has 1 nitrogen and oxygen atoms in total. The predicted octanol–water partition coefficient (Wildman–Crippen LogP) is 4.16. The van der Waals surface area contributed by atoms with Crippen LogP contribution >= 0.6 is 12.2 Å². The van der Waals surface area contributed by atoms with Gasteiger partial charge in [0.2, 0.25) is 0 Å². The minimum Gasteiger partial charge on any atom is -0.369 e. The van der Waals surface area contributed by atoms with Gasteiger partial charge in [-0.1, -0.05) is 57.2 Å². The molecule has 0 N–H and O–H groups in total. The number of nitrogens with zero attached hydrogens (tertiary/aromatic N) is 1. The van der Waals surface area contributed by atoms with Crippen LogP contribution in [0, 0.1) is 0 Å². The summed E-state index contributed by atoms with van der Waals surface area (Å²) in [6, 6.07) is 0. The van der Waals surface area contributed by atoms with Crippen molar-refractivity contribution in [3.8, 4) is 0 Å². The average Bonchev–Trinajstić information content (AvgIpc) is 2.25. The van der Waals surface area contributed by atoms with Crippen LogP contribution in [0.15, 0.2) is 0 Å². The first-order valence-electron chi connectivity index (χ1n) is 6.54. The minimum atomic E-state index is 1.13. The molecule has 2 heteroatoms. The second kappa shape index (κ2) is 8.09. The highest BCUT2D eigenvalue weighted by atomic mass is 32.1. The standard InChI is InChI=1S/C13H25NS/c1-14-12-10-8-6-4-2-3-5-7-9-11-13(14)15/h2-12H2,1H3. The van der Waals surface area contributed by atoms with E-state index in [1.807, 2.05) is 0 Å². The highest BCUT2D eigenvalue weighted by Gasteiger charge is 2.04. The van der Waals surface area contributed by atoms with Crippen molar-refractivity contribution in [2.75, 3.05) is 13.6 Å². The lowest BCUT2D eigenvalue weighted by Crippen LogP contribution is -2.25. The van der Waals surface area contributed by atoms with Crippen molar-refractivity contribution in [1.82, 2.24) is 4.90 Å². The maximum atomic E-state index is 5.42. The molecular weight excluding hydrogens is 202 g/mol. The van der Waals surface area contributed by atoms with E-state index in [0.29, 0.717) is 0 Å². The molecule has 1 aliphatic rings. The van der Waals surface area contributed by atoms with Crippen LogP contribution in [0.2, 0.25) is 0 Å². The zero-order valence-electron chi connectivity index (χ0n) is 10.1. The first kappa shape index (κ1) is 13.0. The Morgan fingerprint density at radius 1 is 0.800 bits per heavy atom. The molecule has 0 bridgehead atoms. The molecule has 0 aliphatic carbocycles. The monoisotopic (exact) mass is 227 g/mol. The SMILES string of the molecule is CN1CCCCCCCCCCCC1=S. The van der Waals surface area contributed by atoms with Crippen molar-refractivity contribution in [3.63, 3.8) is 0 Å². The Morgan fingerprint density at radius 2 is 1.27 bits per heavy atom. The molecule has 0 saturated carbocycles. The van der Waals surface area contributed by atoms with E-state index in [-0.39, 0.29) is 0 Å². The molecule has 0 aromatic heterocycles. The van der Waals surface area contributed by atoms with Crippen LogP contribution in [-0.4, -0.2) is 23.5 Å². The van der Waals surface area contributed by atoms with Gasteiger partial charge in [-0.05, 0) is 19.3 Å². The Hall–Kier alpha value is -0.110. The van der Waals surface area contributed by atoms with Crippen molar-refractivity contribution in [1.29, 1.82) is 0 Å². The molecule has 1 heterocycles. The largest absolute Gasteiger partial charge is 0.369 e. The Bertz CT molecular complexity index is 179. The van der Waals surface area contributed by atoms with Crippen molar-refractivity contribution >= 4 is 17.2 Å². The summed E-state index contributed by atoms with van der Waals surface area (Å²) in [6.45, 7) is 1.17. The van der Waals surface area contributed by atoms with Crippen molar-refractivity contribution in [2.45, 2.75) is 64.2 Å². The van der Waals surface area contributed by atoms with Gasteiger partial charge in [-0.25, -0.2) is 0 Å². The molecule has 15 heavy (non-hydrogen) atoms. The molecule has 0 unspecified atom stereocenters. The van der Waals surface area contributed by atoms with E-state index in [0.717, 1.165) is 6.42 Å². The summed E-state index contributed by atoms with van der Waals surface area (Å²) in [4.78, 5) is 3.46. The highest BCUT2D eigenvalue weighted by molar-refractivity contribution is 7.80. The molecule has 0 aromatic rings. The minimum absolute atomic E-state index is 1.13. The van der Waals surface area contributed by atoms with Gasteiger partial charge in [0.25, 0.3) is 0 Å². The molecule has 1 aliphatic heterocycles. The lowest BCUT2D eigenvalue weighted by Gasteiger charge is -2.19. The van der Waals surface area contributed by atoms with Gasteiger partial charge >= 0.3 is 0 Å². The van der Waals surface area contributed by atoms with Crippen LogP contribution < -0.4 is 0 Å². The zero-order chi connectivity index (χ0) is 10.9. The van der Waals surface area contributed by atoms with E-state index >= 15 is 0 Å². The van der Waals surface area contributed by atoms with Crippen LogP contribution in [-0.2, 0) is 0 Å². The van der Waals surface area contributed by atoms with Crippen LogP contribution in [0.25, 0.3) is 0 Å². The fourth-order valence-corrected chi connectivity index (χ4v) is 2.41. The van der Waals surface area contributed by atoms with E-state index in [9.17, 15) is 0 Å². The number of rotatable bonds is 0. The van der Waals surface area contributed by atoms with Gasteiger partial charge in [-0.3, -0.25) is 0 Å². The van der Waals surface area contributed by atoms with Crippen LogP contribution in [0.3, 0.4) is 0 Å². The molecule has 0 atom stereocenters. The van der Waals surface area contributed by atoms with E-state index in [1.54, 1.807) is 0 Å². The van der Waals surface area contributed by atoms with Crippen LogP contribution in [0.1, 0.15) is 64.2 Å². The molecule has 0 amide bonds. The average molecular weight is 227 g/mol. The third-order valence-electron chi connectivity index (χ3n) is 3.31. The smallest absolute Gasteiger partial charge is 0.0776 e.